The largest absolute Gasteiger partial charge is 0.457 e. The van der Waals surface area contributed by atoms with Crippen LogP contribution in [0.2, 0.25) is 0 Å². The molecule has 28 heavy (non-hydrogen) atoms. The molecule has 4 rings (SSSR count). The number of carbonyl (C=O) groups excluding carboxylic acids is 2. The van der Waals surface area contributed by atoms with Gasteiger partial charge in [0.2, 0.25) is 0 Å². The number of aryl methyl sites for hydroxylation is 1. The van der Waals surface area contributed by atoms with Gasteiger partial charge in [-0.3, -0.25) is 19.7 Å². The number of carbonyl (C=O) groups is 2. The van der Waals surface area contributed by atoms with Crippen molar-refractivity contribution in [1.82, 2.24) is 20.5 Å². The van der Waals surface area contributed by atoms with Crippen LogP contribution in [0.25, 0.3) is 0 Å². The molecule has 3 aromatic rings. The molecule has 2 heterocycles. The molecule has 1 aromatic carbocycles. The van der Waals surface area contributed by atoms with Gasteiger partial charge in [0.1, 0.15) is 11.5 Å². The number of anilines is 1. The topological polar surface area (TPSA) is 109 Å². The van der Waals surface area contributed by atoms with Crippen molar-refractivity contribution in [2.45, 2.75) is 25.3 Å². The molecule has 3 N–H and O–H groups in total. The average Bonchev–Trinajstić information content (AvgIpc) is 3.18. The highest BCUT2D eigenvalue weighted by atomic mass is 16.5. The number of aromatic nitrogens is 3. The normalized spacial score (nSPS) is 15.4. The summed E-state index contributed by atoms with van der Waals surface area (Å²) < 4.78 is 5.67. The molecule has 0 fully saturated rings. The van der Waals surface area contributed by atoms with Gasteiger partial charge in [-0.15, -0.1) is 0 Å². The fourth-order valence-corrected chi connectivity index (χ4v) is 3.13. The van der Waals surface area contributed by atoms with Crippen molar-refractivity contribution in [3.05, 3.63) is 66.2 Å². The number of benzene rings is 1. The van der Waals surface area contributed by atoms with Crippen molar-refractivity contribution in [1.29, 1.82) is 0 Å². The van der Waals surface area contributed by atoms with Crippen molar-refractivity contribution in [3.8, 4) is 11.5 Å². The molecule has 142 valence electrons. The van der Waals surface area contributed by atoms with Crippen LogP contribution in [0.4, 0.5) is 5.69 Å². The summed E-state index contributed by atoms with van der Waals surface area (Å²) in [4.78, 5) is 28.3. The molecule has 0 saturated carbocycles. The summed E-state index contributed by atoms with van der Waals surface area (Å²) in [5, 5.41) is 12.4. The Balaban J connectivity index is 1.30. The number of H-pyrrole nitrogens is 1. The number of nitrogens with one attached hydrogen (secondary N) is 3. The fraction of sp³-hybridized carbons (Fsp3) is 0.200. The second-order valence-corrected chi connectivity index (χ2v) is 6.55. The Morgan fingerprint density at radius 1 is 1.04 bits per heavy atom. The van der Waals surface area contributed by atoms with Gasteiger partial charge in [-0.05, 0) is 61.2 Å². The molecule has 1 aliphatic rings. The van der Waals surface area contributed by atoms with E-state index in [0.29, 0.717) is 23.6 Å². The fourth-order valence-electron chi connectivity index (χ4n) is 3.13. The molecule has 1 atom stereocenters. The van der Waals surface area contributed by atoms with E-state index in [1.165, 1.54) is 0 Å². The molecule has 2 aromatic heterocycles. The predicted molar refractivity (Wildman–Crippen MR) is 102 cm³/mol. The van der Waals surface area contributed by atoms with E-state index in [9.17, 15) is 9.59 Å². The Morgan fingerprint density at radius 2 is 1.79 bits per heavy atom. The minimum Gasteiger partial charge on any atom is -0.457 e. The van der Waals surface area contributed by atoms with Gasteiger partial charge in [0.25, 0.3) is 0 Å². The van der Waals surface area contributed by atoms with Gasteiger partial charge in [0.15, 0.2) is 0 Å². The molecule has 8 nitrogen and oxygen atoms in total. The first-order chi connectivity index (χ1) is 13.7. The molecule has 0 spiro atoms. The third-order valence-corrected chi connectivity index (χ3v) is 4.56. The molecule has 0 unspecified atom stereocenters. The van der Waals surface area contributed by atoms with E-state index in [0.717, 1.165) is 24.1 Å². The number of hydrogen-bond donors (Lipinski definition) is 3. The van der Waals surface area contributed by atoms with Crippen molar-refractivity contribution in [2.24, 2.45) is 0 Å². The van der Waals surface area contributed by atoms with Crippen LogP contribution >= 0.6 is 0 Å². The highest BCUT2D eigenvalue weighted by Crippen LogP contribution is 2.22. The van der Waals surface area contributed by atoms with E-state index in [1.807, 2.05) is 0 Å². The third-order valence-electron chi connectivity index (χ3n) is 4.56. The Bertz CT molecular complexity index is 969. The molecule has 0 saturated heterocycles. The molecular formula is C20H19N5O3. The minimum atomic E-state index is -0.694. The van der Waals surface area contributed by atoms with Gasteiger partial charge < -0.3 is 15.4 Å². The van der Waals surface area contributed by atoms with E-state index < -0.39 is 11.8 Å². The van der Waals surface area contributed by atoms with Gasteiger partial charge in [-0.25, -0.2) is 0 Å². The molecule has 1 aliphatic carbocycles. The average molecular weight is 377 g/mol. The highest BCUT2D eigenvalue weighted by Gasteiger charge is 2.24. The lowest BCUT2D eigenvalue weighted by Gasteiger charge is -2.22. The molecule has 0 aliphatic heterocycles. The number of ether oxygens (including phenoxy) is 1. The maximum absolute atomic E-state index is 12.2. The van der Waals surface area contributed by atoms with Crippen molar-refractivity contribution in [3.63, 3.8) is 0 Å². The maximum Gasteiger partial charge on any atom is 0.313 e. The molecule has 0 bridgehead atoms. The highest BCUT2D eigenvalue weighted by molar-refractivity contribution is 6.39. The number of pyridine rings is 1. The van der Waals surface area contributed by atoms with E-state index in [1.54, 1.807) is 55.0 Å². The molecule has 0 radical (unpaired) electrons. The van der Waals surface area contributed by atoms with Crippen LogP contribution in [0.5, 0.6) is 11.5 Å². The maximum atomic E-state index is 12.2. The van der Waals surface area contributed by atoms with Crippen molar-refractivity contribution in [2.75, 3.05) is 5.32 Å². The predicted octanol–water partition coefficient (Wildman–Crippen LogP) is 2.21. The summed E-state index contributed by atoms with van der Waals surface area (Å²) in [6, 6.07) is 10.2. The van der Waals surface area contributed by atoms with E-state index in [-0.39, 0.29) is 6.04 Å². The SMILES string of the molecule is O=C(Nc1ccc(Oc2ccncc2)cc1)C(=O)N[C@@H]1CCc2[nH]ncc2C1. The summed E-state index contributed by atoms with van der Waals surface area (Å²) in [6.07, 6.45) is 7.30. The van der Waals surface area contributed by atoms with E-state index in [4.69, 9.17) is 4.74 Å². The zero-order valence-corrected chi connectivity index (χ0v) is 15.0. The Morgan fingerprint density at radius 3 is 2.57 bits per heavy atom. The lowest BCUT2D eigenvalue weighted by atomic mass is 9.93. The first-order valence-corrected chi connectivity index (χ1v) is 8.98. The first kappa shape index (κ1) is 17.7. The van der Waals surface area contributed by atoms with Gasteiger partial charge in [0.05, 0.1) is 6.20 Å². The summed E-state index contributed by atoms with van der Waals surface area (Å²) >= 11 is 0. The van der Waals surface area contributed by atoms with Crippen LogP contribution < -0.4 is 15.4 Å². The van der Waals surface area contributed by atoms with Gasteiger partial charge in [-0.2, -0.15) is 5.10 Å². The molecular weight excluding hydrogens is 358 g/mol. The van der Waals surface area contributed by atoms with Crippen LogP contribution in [0.1, 0.15) is 17.7 Å². The van der Waals surface area contributed by atoms with Gasteiger partial charge in [-0.1, -0.05) is 0 Å². The molecule has 8 heteroatoms. The van der Waals surface area contributed by atoms with Gasteiger partial charge >= 0.3 is 11.8 Å². The Labute approximate surface area is 161 Å². The summed E-state index contributed by atoms with van der Waals surface area (Å²) in [6.45, 7) is 0. The standard InChI is InChI=1S/C20H19N5O3/c26-19(20(27)24-15-3-6-18-13(11-15)12-22-25-18)23-14-1-4-16(5-2-14)28-17-7-9-21-10-8-17/h1-2,4-5,7-10,12,15H,3,6,11H2,(H,22,25)(H,23,26)(H,24,27)/t15-/m1/s1. The first-order valence-electron chi connectivity index (χ1n) is 8.98. The third kappa shape index (κ3) is 4.17. The lowest BCUT2D eigenvalue weighted by Crippen LogP contribution is -2.44. The van der Waals surface area contributed by atoms with Crippen LogP contribution in [-0.2, 0) is 22.4 Å². The second kappa shape index (κ2) is 7.91. The van der Waals surface area contributed by atoms with Crippen LogP contribution in [0.3, 0.4) is 0 Å². The lowest BCUT2D eigenvalue weighted by molar-refractivity contribution is -0.136. The minimum absolute atomic E-state index is 0.0699. The molecule has 2 amide bonds. The monoisotopic (exact) mass is 377 g/mol. The Kier molecular flexibility index (Phi) is 5.01. The summed E-state index contributed by atoms with van der Waals surface area (Å²) in [5.74, 6) is -0.0546. The van der Waals surface area contributed by atoms with Gasteiger partial charge in [0, 0.05) is 29.8 Å². The number of amides is 2. The second-order valence-electron chi connectivity index (χ2n) is 6.55. The summed E-state index contributed by atoms with van der Waals surface area (Å²) in [7, 11) is 0. The number of rotatable bonds is 4. The zero-order valence-electron chi connectivity index (χ0n) is 15.0. The zero-order chi connectivity index (χ0) is 19.3. The van der Waals surface area contributed by atoms with Crippen molar-refractivity contribution >= 4 is 17.5 Å². The van der Waals surface area contributed by atoms with Crippen LogP contribution in [0.15, 0.2) is 55.0 Å². The number of hydrogen-bond acceptors (Lipinski definition) is 5. The number of nitrogens with zero attached hydrogens (tertiary/aromatic N) is 2. The van der Waals surface area contributed by atoms with E-state index in [2.05, 4.69) is 25.8 Å². The number of fused-ring (bicyclic) bond motifs is 1. The smallest absolute Gasteiger partial charge is 0.313 e. The van der Waals surface area contributed by atoms with Crippen LogP contribution in [-0.4, -0.2) is 33.0 Å². The van der Waals surface area contributed by atoms with Crippen molar-refractivity contribution < 1.29 is 14.3 Å². The summed E-state index contributed by atoms with van der Waals surface area (Å²) in [5.41, 5.74) is 2.70. The van der Waals surface area contributed by atoms with E-state index >= 15 is 0 Å². The quantitative estimate of drug-likeness (QED) is 0.604. The van der Waals surface area contributed by atoms with Crippen LogP contribution in [0, 0.1) is 0 Å². The number of aromatic amines is 1. The Hall–Kier alpha value is -3.68.